The molecule has 0 aliphatic heterocycles. The van der Waals surface area contributed by atoms with Crippen LogP contribution in [0.15, 0.2) is 75.1 Å². The molecule has 0 unspecified atom stereocenters. The number of benzene rings is 2. The molecule has 3 rings (SSSR count). The second kappa shape index (κ2) is 8.54. The summed E-state index contributed by atoms with van der Waals surface area (Å²) in [6, 6.07) is 9.87. The molecule has 0 bridgehead atoms. The van der Waals surface area contributed by atoms with Gasteiger partial charge < -0.3 is 9.15 Å². The molecule has 1 atom stereocenters. The Kier molecular flexibility index (Phi) is 6.25. The van der Waals surface area contributed by atoms with E-state index in [1.807, 2.05) is 0 Å². The van der Waals surface area contributed by atoms with Crippen LogP contribution in [0.3, 0.4) is 0 Å². The van der Waals surface area contributed by atoms with Crippen molar-refractivity contribution in [3.05, 3.63) is 78.3 Å². The van der Waals surface area contributed by atoms with Gasteiger partial charge in [-0.25, -0.2) is 30.3 Å². The molecule has 0 fully saturated rings. The first-order valence-electron chi connectivity index (χ1n) is 8.51. The molecule has 0 amide bonds. The van der Waals surface area contributed by atoms with Crippen LogP contribution >= 0.6 is 0 Å². The zero-order valence-corrected chi connectivity index (χ0v) is 17.2. The van der Waals surface area contributed by atoms with Gasteiger partial charge in [0.1, 0.15) is 33.3 Å². The van der Waals surface area contributed by atoms with Crippen LogP contribution in [-0.2, 0) is 19.9 Å². The molecular weight excluding hydrogens is 440 g/mol. The van der Waals surface area contributed by atoms with E-state index >= 15 is 0 Å². The summed E-state index contributed by atoms with van der Waals surface area (Å²) in [4.78, 5) is -0.699. The SMILES string of the molecule is COc1ccc(F)cc1S(=O)(=O)NC[C@@H](c1ccco1)S(=O)(=O)c1ccc(F)cc1. The number of hydrogen-bond acceptors (Lipinski definition) is 6. The number of sulfone groups is 1. The average Bonchev–Trinajstić information content (AvgIpc) is 3.22. The van der Waals surface area contributed by atoms with Gasteiger partial charge in [-0.1, -0.05) is 0 Å². The Balaban J connectivity index is 1.96. The van der Waals surface area contributed by atoms with Crippen LogP contribution in [-0.4, -0.2) is 30.5 Å². The lowest BCUT2D eigenvalue weighted by Crippen LogP contribution is -2.32. The zero-order chi connectivity index (χ0) is 21.9. The topological polar surface area (TPSA) is 103 Å². The van der Waals surface area contributed by atoms with Gasteiger partial charge >= 0.3 is 0 Å². The molecule has 0 saturated carbocycles. The summed E-state index contributed by atoms with van der Waals surface area (Å²) < 4.78 is 90.7. The van der Waals surface area contributed by atoms with Crippen molar-refractivity contribution in [2.75, 3.05) is 13.7 Å². The van der Waals surface area contributed by atoms with Crippen LogP contribution < -0.4 is 9.46 Å². The summed E-state index contributed by atoms with van der Waals surface area (Å²) >= 11 is 0. The van der Waals surface area contributed by atoms with E-state index in [0.29, 0.717) is 0 Å². The predicted molar refractivity (Wildman–Crippen MR) is 103 cm³/mol. The summed E-state index contributed by atoms with van der Waals surface area (Å²) in [5.41, 5.74) is 0. The van der Waals surface area contributed by atoms with Gasteiger partial charge in [-0.15, -0.1) is 0 Å². The van der Waals surface area contributed by atoms with E-state index in [1.54, 1.807) is 0 Å². The number of ether oxygens (including phenoxy) is 1. The number of halogens is 2. The molecule has 11 heteroatoms. The van der Waals surface area contributed by atoms with E-state index in [0.717, 1.165) is 42.5 Å². The van der Waals surface area contributed by atoms with E-state index in [-0.39, 0.29) is 16.4 Å². The van der Waals surface area contributed by atoms with Crippen LogP contribution in [0.4, 0.5) is 8.78 Å². The third-order valence-corrected chi connectivity index (χ3v) is 7.77. The lowest BCUT2D eigenvalue weighted by molar-refractivity contribution is 0.400. The second-order valence-electron chi connectivity index (χ2n) is 6.15. The summed E-state index contributed by atoms with van der Waals surface area (Å²) in [5.74, 6) is -1.56. The van der Waals surface area contributed by atoms with E-state index in [2.05, 4.69) is 4.72 Å². The lowest BCUT2D eigenvalue weighted by atomic mass is 10.3. The number of sulfonamides is 1. The smallest absolute Gasteiger partial charge is 0.244 e. The molecular formula is C19H17F2NO6S2. The van der Waals surface area contributed by atoms with Crippen molar-refractivity contribution in [1.29, 1.82) is 0 Å². The van der Waals surface area contributed by atoms with Gasteiger partial charge in [-0.3, -0.25) is 0 Å². The molecule has 1 heterocycles. The minimum Gasteiger partial charge on any atom is -0.495 e. The van der Waals surface area contributed by atoms with Crippen LogP contribution in [0.5, 0.6) is 5.75 Å². The Bertz CT molecular complexity index is 1220. The highest BCUT2D eigenvalue weighted by molar-refractivity contribution is 7.92. The molecule has 0 aliphatic carbocycles. The van der Waals surface area contributed by atoms with Gasteiger partial charge in [-0.05, 0) is 54.6 Å². The first-order chi connectivity index (χ1) is 14.1. The summed E-state index contributed by atoms with van der Waals surface area (Å²) in [7, 11) is -7.28. The summed E-state index contributed by atoms with van der Waals surface area (Å²) in [6.07, 6.45) is 1.24. The maximum Gasteiger partial charge on any atom is 0.244 e. The van der Waals surface area contributed by atoms with Gasteiger partial charge in [0.25, 0.3) is 0 Å². The van der Waals surface area contributed by atoms with E-state index in [1.165, 1.54) is 25.5 Å². The third kappa shape index (κ3) is 4.53. The Morgan fingerprint density at radius 1 is 1.00 bits per heavy atom. The quantitative estimate of drug-likeness (QED) is 0.522. The fraction of sp³-hybridized carbons (Fsp3) is 0.158. The molecule has 7 nitrogen and oxygen atoms in total. The van der Waals surface area contributed by atoms with Crippen molar-refractivity contribution in [2.45, 2.75) is 15.0 Å². The Morgan fingerprint density at radius 2 is 1.67 bits per heavy atom. The maximum atomic E-state index is 13.6. The molecule has 0 radical (unpaired) electrons. The highest BCUT2D eigenvalue weighted by Gasteiger charge is 2.33. The van der Waals surface area contributed by atoms with Crippen LogP contribution in [0.1, 0.15) is 11.0 Å². The molecule has 0 saturated heterocycles. The third-order valence-electron chi connectivity index (χ3n) is 4.25. The number of nitrogens with one attached hydrogen (secondary N) is 1. The van der Waals surface area contributed by atoms with Crippen molar-refractivity contribution in [1.82, 2.24) is 4.72 Å². The molecule has 2 aromatic carbocycles. The van der Waals surface area contributed by atoms with Gasteiger partial charge in [0.15, 0.2) is 9.84 Å². The van der Waals surface area contributed by atoms with Crippen molar-refractivity contribution >= 4 is 19.9 Å². The molecule has 1 aromatic heterocycles. The lowest BCUT2D eigenvalue weighted by Gasteiger charge is -2.17. The molecule has 30 heavy (non-hydrogen) atoms. The number of rotatable bonds is 8. The maximum absolute atomic E-state index is 13.6. The van der Waals surface area contributed by atoms with Gasteiger partial charge in [0.2, 0.25) is 10.0 Å². The Labute approximate surface area is 172 Å². The normalized spacial score (nSPS) is 13.2. The zero-order valence-electron chi connectivity index (χ0n) is 15.6. The van der Waals surface area contributed by atoms with Crippen LogP contribution in [0.2, 0.25) is 0 Å². The Hall–Kier alpha value is -2.76. The van der Waals surface area contributed by atoms with E-state index in [4.69, 9.17) is 9.15 Å². The van der Waals surface area contributed by atoms with Gasteiger partial charge in [-0.2, -0.15) is 0 Å². The first kappa shape index (κ1) is 21.9. The number of hydrogen-bond donors (Lipinski definition) is 1. The van der Waals surface area contributed by atoms with Gasteiger partial charge in [0, 0.05) is 6.54 Å². The van der Waals surface area contributed by atoms with E-state index < -0.39 is 48.2 Å². The predicted octanol–water partition coefficient (Wildman–Crippen LogP) is 3.06. The van der Waals surface area contributed by atoms with Crippen LogP contribution in [0, 0.1) is 11.6 Å². The largest absolute Gasteiger partial charge is 0.495 e. The molecule has 160 valence electrons. The average molecular weight is 457 g/mol. The molecule has 0 spiro atoms. The first-order valence-corrected chi connectivity index (χ1v) is 11.5. The van der Waals surface area contributed by atoms with Crippen molar-refractivity contribution < 1.29 is 34.8 Å². The molecule has 0 aliphatic rings. The standard InChI is InChI=1S/C19H17F2NO6S2/c1-27-16-9-6-14(21)11-18(16)30(25,26)22-12-19(17-3-2-10-28-17)29(23,24)15-7-4-13(20)5-8-15/h2-11,19,22H,12H2,1H3/t19-/m0/s1. The highest BCUT2D eigenvalue weighted by atomic mass is 32.2. The number of methoxy groups -OCH3 is 1. The Morgan fingerprint density at radius 3 is 2.27 bits per heavy atom. The monoisotopic (exact) mass is 457 g/mol. The fourth-order valence-corrected chi connectivity index (χ4v) is 5.67. The van der Waals surface area contributed by atoms with Crippen LogP contribution in [0.25, 0.3) is 0 Å². The van der Waals surface area contributed by atoms with Crippen molar-refractivity contribution in [3.8, 4) is 5.75 Å². The fourth-order valence-electron chi connectivity index (χ4n) is 2.75. The highest BCUT2D eigenvalue weighted by Crippen LogP contribution is 2.30. The minimum atomic E-state index is -4.34. The van der Waals surface area contributed by atoms with Crippen molar-refractivity contribution in [3.63, 3.8) is 0 Å². The summed E-state index contributed by atoms with van der Waals surface area (Å²) in [6.45, 7) is -0.616. The minimum absolute atomic E-state index is 0.0202. The van der Waals surface area contributed by atoms with Crippen molar-refractivity contribution in [2.24, 2.45) is 0 Å². The summed E-state index contributed by atoms with van der Waals surface area (Å²) in [5, 5.41) is -1.45. The van der Waals surface area contributed by atoms with Gasteiger partial charge in [0.05, 0.1) is 18.3 Å². The molecule has 1 N–H and O–H groups in total. The number of furan rings is 1. The molecule has 3 aromatic rings. The second-order valence-corrected chi connectivity index (χ2v) is 10.0. The van der Waals surface area contributed by atoms with E-state index in [9.17, 15) is 25.6 Å².